The molecule has 0 N–H and O–H groups in total. The van der Waals surface area contributed by atoms with Crippen LogP contribution in [-0.2, 0) is 28.6 Å². The summed E-state index contributed by atoms with van der Waals surface area (Å²) in [5, 5.41) is 0. The molecule has 1 atom stereocenters. The lowest BCUT2D eigenvalue weighted by Crippen LogP contribution is -2.30. The van der Waals surface area contributed by atoms with Crippen LogP contribution in [0, 0.1) is 0 Å². The number of ether oxygens (including phenoxy) is 3. The maximum absolute atomic E-state index is 12.8. The van der Waals surface area contributed by atoms with Crippen LogP contribution in [0.25, 0.3) is 0 Å². The second-order valence-electron chi connectivity index (χ2n) is 18.9. The minimum absolute atomic E-state index is 0.0615. The van der Waals surface area contributed by atoms with Crippen molar-refractivity contribution in [1.29, 1.82) is 0 Å². The highest BCUT2D eigenvalue weighted by Gasteiger charge is 2.19. The van der Waals surface area contributed by atoms with Crippen molar-refractivity contribution in [2.75, 3.05) is 13.2 Å². The molecule has 1 unspecified atom stereocenters. The van der Waals surface area contributed by atoms with Crippen LogP contribution in [0.5, 0.6) is 0 Å². The standard InChI is InChI=1S/C55H106O6/c1-4-7-10-13-16-19-22-25-26-27-28-29-30-31-34-36-39-42-45-48-54(57)60-51-52(61-55(58)49-46-43-40-37-33-24-21-18-15-12-9-6-3)50-59-53(56)47-44-41-38-35-32-23-20-17-14-11-8-5-2/h52H,4-51H2,1-3H3. The molecule has 362 valence electrons. The van der Waals surface area contributed by atoms with E-state index in [1.54, 1.807) is 0 Å². The molecular formula is C55H106O6. The molecule has 0 aromatic rings. The Bertz CT molecular complexity index is 905. The maximum atomic E-state index is 12.8. The first-order valence-electron chi connectivity index (χ1n) is 27.5. The van der Waals surface area contributed by atoms with Gasteiger partial charge in [0.2, 0.25) is 0 Å². The van der Waals surface area contributed by atoms with Crippen molar-refractivity contribution < 1.29 is 28.6 Å². The molecular weight excluding hydrogens is 757 g/mol. The minimum atomic E-state index is -0.759. The summed E-state index contributed by atoms with van der Waals surface area (Å²) in [7, 11) is 0. The first kappa shape index (κ1) is 59.4. The second kappa shape index (κ2) is 51.0. The summed E-state index contributed by atoms with van der Waals surface area (Å²) in [6.07, 6.45) is 55.2. The summed E-state index contributed by atoms with van der Waals surface area (Å²) in [6, 6.07) is 0. The summed E-state index contributed by atoms with van der Waals surface area (Å²) in [6.45, 7) is 6.69. The van der Waals surface area contributed by atoms with E-state index < -0.39 is 6.10 Å². The number of hydrogen-bond donors (Lipinski definition) is 0. The molecule has 0 fully saturated rings. The molecule has 0 rings (SSSR count). The predicted octanol–water partition coefficient (Wildman–Crippen LogP) is 18.0. The Kier molecular flexibility index (Phi) is 49.7. The van der Waals surface area contributed by atoms with Gasteiger partial charge in [-0.2, -0.15) is 0 Å². The topological polar surface area (TPSA) is 78.9 Å². The number of hydrogen-bond acceptors (Lipinski definition) is 6. The van der Waals surface area contributed by atoms with Crippen LogP contribution in [0.2, 0.25) is 0 Å². The van der Waals surface area contributed by atoms with E-state index in [9.17, 15) is 14.4 Å². The zero-order valence-corrected chi connectivity index (χ0v) is 41.5. The van der Waals surface area contributed by atoms with Crippen LogP contribution >= 0.6 is 0 Å². The average molecular weight is 863 g/mol. The molecule has 6 nitrogen and oxygen atoms in total. The van der Waals surface area contributed by atoms with E-state index in [2.05, 4.69) is 20.8 Å². The van der Waals surface area contributed by atoms with E-state index in [1.165, 1.54) is 218 Å². The zero-order chi connectivity index (χ0) is 44.4. The van der Waals surface area contributed by atoms with Crippen molar-refractivity contribution in [3.05, 3.63) is 0 Å². The molecule has 6 heteroatoms. The lowest BCUT2D eigenvalue weighted by atomic mass is 10.0. The van der Waals surface area contributed by atoms with Crippen molar-refractivity contribution in [1.82, 2.24) is 0 Å². The molecule has 0 radical (unpaired) electrons. The van der Waals surface area contributed by atoms with Crippen molar-refractivity contribution in [2.24, 2.45) is 0 Å². The number of unbranched alkanes of at least 4 members (excludes halogenated alkanes) is 40. The molecule has 0 spiro atoms. The fraction of sp³-hybridized carbons (Fsp3) is 0.945. The molecule has 0 aliphatic heterocycles. The van der Waals surface area contributed by atoms with Gasteiger partial charge in [0.25, 0.3) is 0 Å². The van der Waals surface area contributed by atoms with Gasteiger partial charge in [0.05, 0.1) is 0 Å². The Morgan fingerprint density at radius 2 is 0.443 bits per heavy atom. The highest BCUT2D eigenvalue weighted by atomic mass is 16.6. The van der Waals surface area contributed by atoms with Crippen molar-refractivity contribution in [2.45, 2.75) is 322 Å². The normalized spacial score (nSPS) is 11.9. The summed E-state index contributed by atoms with van der Waals surface area (Å²) in [5.41, 5.74) is 0. The Morgan fingerprint density at radius 1 is 0.262 bits per heavy atom. The number of carbonyl (C=O) groups is 3. The zero-order valence-electron chi connectivity index (χ0n) is 41.5. The monoisotopic (exact) mass is 863 g/mol. The van der Waals surface area contributed by atoms with Crippen LogP contribution in [0.4, 0.5) is 0 Å². The van der Waals surface area contributed by atoms with Gasteiger partial charge in [0.1, 0.15) is 13.2 Å². The minimum Gasteiger partial charge on any atom is -0.462 e. The SMILES string of the molecule is CCCCCCCCCCCCCCCCCCCCCC(=O)OCC(COC(=O)CCCCCCCCCCCCCC)OC(=O)CCCCCCCCCCCCCC. The highest BCUT2D eigenvalue weighted by molar-refractivity contribution is 5.71. The number of esters is 3. The van der Waals surface area contributed by atoms with Crippen molar-refractivity contribution >= 4 is 17.9 Å². The molecule has 0 bridgehead atoms. The molecule has 0 heterocycles. The molecule has 0 aliphatic carbocycles. The number of carbonyl (C=O) groups excluding carboxylic acids is 3. The maximum Gasteiger partial charge on any atom is 0.306 e. The third-order valence-corrected chi connectivity index (χ3v) is 12.6. The van der Waals surface area contributed by atoms with Gasteiger partial charge in [-0.15, -0.1) is 0 Å². The third kappa shape index (κ3) is 49.3. The Labute approximate surface area is 380 Å². The van der Waals surface area contributed by atoms with Gasteiger partial charge in [-0.1, -0.05) is 278 Å². The predicted molar refractivity (Wildman–Crippen MR) is 261 cm³/mol. The molecule has 0 saturated carbocycles. The highest BCUT2D eigenvalue weighted by Crippen LogP contribution is 2.17. The van der Waals surface area contributed by atoms with Gasteiger partial charge >= 0.3 is 17.9 Å². The lowest BCUT2D eigenvalue weighted by Gasteiger charge is -2.18. The van der Waals surface area contributed by atoms with E-state index in [0.717, 1.165) is 57.8 Å². The van der Waals surface area contributed by atoms with E-state index >= 15 is 0 Å². The quantitative estimate of drug-likeness (QED) is 0.0344. The molecule has 0 amide bonds. The van der Waals surface area contributed by atoms with Crippen molar-refractivity contribution in [3.8, 4) is 0 Å². The fourth-order valence-electron chi connectivity index (χ4n) is 8.45. The molecule has 0 aliphatic rings. The third-order valence-electron chi connectivity index (χ3n) is 12.6. The number of rotatable bonds is 51. The van der Waals surface area contributed by atoms with E-state index in [4.69, 9.17) is 14.2 Å². The molecule has 61 heavy (non-hydrogen) atoms. The smallest absolute Gasteiger partial charge is 0.306 e. The summed E-state index contributed by atoms with van der Waals surface area (Å²) in [4.78, 5) is 38.0. The van der Waals surface area contributed by atoms with E-state index in [1.807, 2.05) is 0 Å². The van der Waals surface area contributed by atoms with Crippen LogP contribution in [0.1, 0.15) is 316 Å². The summed E-state index contributed by atoms with van der Waals surface area (Å²) in [5.74, 6) is -0.838. The van der Waals surface area contributed by atoms with Gasteiger partial charge in [-0.05, 0) is 19.3 Å². The van der Waals surface area contributed by atoms with Gasteiger partial charge in [0, 0.05) is 19.3 Å². The average Bonchev–Trinajstić information content (AvgIpc) is 3.26. The van der Waals surface area contributed by atoms with Gasteiger partial charge in [-0.3, -0.25) is 14.4 Å². The first-order valence-corrected chi connectivity index (χ1v) is 27.5. The first-order chi connectivity index (χ1) is 30.0. The largest absolute Gasteiger partial charge is 0.462 e. The molecule has 0 aromatic carbocycles. The van der Waals surface area contributed by atoms with E-state index in [0.29, 0.717) is 19.3 Å². The van der Waals surface area contributed by atoms with Crippen LogP contribution < -0.4 is 0 Å². The molecule has 0 aromatic heterocycles. The second-order valence-corrected chi connectivity index (χ2v) is 18.9. The lowest BCUT2D eigenvalue weighted by molar-refractivity contribution is -0.167. The summed E-state index contributed by atoms with van der Waals surface area (Å²) >= 11 is 0. The van der Waals surface area contributed by atoms with Crippen LogP contribution in [-0.4, -0.2) is 37.2 Å². The van der Waals surface area contributed by atoms with Gasteiger partial charge in [0.15, 0.2) is 6.10 Å². The Balaban J connectivity index is 4.23. The van der Waals surface area contributed by atoms with Gasteiger partial charge in [-0.25, -0.2) is 0 Å². The van der Waals surface area contributed by atoms with Crippen LogP contribution in [0.3, 0.4) is 0 Å². The Hall–Kier alpha value is -1.59. The Morgan fingerprint density at radius 3 is 0.656 bits per heavy atom. The van der Waals surface area contributed by atoms with Crippen molar-refractivity contribution in [3.63, 3.8) is 0 Å². The fourth-order valence-corrected chi connectivity index (χ4v) is 8.45. The van der Waals surface area contributed by atoms with Gasteiger partial charge < -0.3 is 14.2 Å². The molecule has 0 saturated heterocycles. The summed E-state index contributed by atoms with van der Waals surface area (Å²) < 4.78 is 16.8. The van der Waals surface area contributed by atoms with Crippen LogP contribution in [0.15, 0.2) is 0 Å². The van der Waals surface area contributed by atoms with E-state index in [-0.39, 0.29) is 31.1 Å².